The minimum absolute atomic E-state index is 0.0431. The predicted octanol–water partition coefficient (Wildman–Crippen LogP) is 3.45. The summed E-state index contributed by atoms with van der Waals surface area (Å²) in [5.41, 5.74) is -2.06. The molecule has 0 saturated carbocycles. The van der Waals surface area contributed by atoms with Crippen molar-refractivity contribution in [3.05, 3.63) is 65.9 Å². The highest BCUT2D eigenvalue weighted by molar-refractivity contribution is 7.90. The smallest absolute Gasteiger partial charge is 0.417 e. The number of esters is 1. The standard InChI is InChI=1S/C20H15F3N2O5S/c1-31(28,29)16-9-5-4-8-15(16)25-17(26)11-30-19(27)13-10-24-14-7-3-2-6-12(14)18(13)20(21,22)23/h2-10H,11H2,1H3,(H,25,26). The van der Waals surface area contributed by atoms with Gasteiger partial charge in [0, 0.05) is 17.8 Å². The molecule has 0 atom stereocenters. The molecule has 0 aliphatic carbocycles. The average molecular weight is 452 g/mol. The summed E-state index contributed by atoms with van der Waals surface area (Å²) in [5.74, 6) is -2.32. The Balaban J connectivity index is 1.81. The molecule has 0 spiro atoms. The number of aromatic nitrogens is 1. The van der Waals surface area contributed by atoms with E-state index >= 15 is 0 Å². The number of hydrogen-bond acceptors (Lipinski definition) is 6. The molecule has 162 valence electrons. The van der Waals surface area contributed by atoms with Crippen LogP contribution < -0.4 is 5.32 Å². The number of nitrogens with zero attached hydrogens (tertiary/aromatic N) is 1. The number of ether oxygens (including phenoxy) is 1. The lowest BCUT2D eigenvalue weighted by molar-refractivity contribution is -0.136. The molecular formula is C20H15F3N2O5S. The Kier molecular flexibility index (Phi) is 5.98. The fraction of sp³-hybridized carbons (Fsp3) is 0.150. The van der Waals surface area contributed by atoms with E-state index in [1.165, 1.54) is 48.5 Å². The molecule has 3 aromatic rings. The van der Waals surface area contributed by atoms with E-state index in [-0.39, 0.29) is 21.5 Å². The number of sulfone groups is 1. The van der Waals surface area contributed by atoms with Gasteiger partial charge < -0.3 is 10.1 Å². The van der Waals surface area contributed by atoms with Crippen LogP contribution in [-0.2, 0) is 25.5 Å². The first-order chi connectivity index (χ1) is 14.5. The lowest BCUT2D eigenvalue weighted by Crippen LogP contribution is -2.23. The molecule has 1 aromatic heterocycles. The van der Waals surface area contributed by atoms with Crippen LogP contribution in [0, 0.1) is 0 Å². The highest BCUT2D eigenvalue weighted by Crippen LogP contribution is 2.37. The number of alkyl halides is 3. The molecule has 7 nitrogen and oxygen atoms in total. The van der Waals surface area contributed by atoms with Crippen LogP contribution in [0.2, 0.25) is 0 Å². The summed E-state index contributed by atoms with van der Waals surface area (Å²) < 4.78 is 69.1. The SMILES string of the molecule is CS(=O)(=O)c1ccccc1NC(=O)COC(=O)c1cnc2ccccc2c1C(F)(F)F. The number of amides is 1. The van der Waals surface area contributed by atoms with Crippen LogP contribution in [-0.4, -0.2) is 38.1 Å². The van der Waals surface area contributed by atoms with Gasteiger partial charge >= 0.3 is 12.1 Å². The number of benzene rings is 2. The summed E-state index contributed by atoms with van der Waals surface area (Å²) in [7, 11) is -3.65. The van der Waals surface area contributed by atoms with Gasteiger partial charge in [0.2, 0.25) is 0 Å². The lowest BCUT2D eigenvalue weighted by atomic mass is 10.0. The third-order valence-corrected chi connectivity index (χ3v) is 5.33. The summed E-state index contributed by atoms with van der Waals surface area (Å²) >= 11 is 0. The second-order valence-electron chi connectivity index (χ2n) is 6.45. The van der Waals surface area contributed by atoms with E-state index in [0.717, 1.165) is 12.5 Å². The third-order valence-electron chi connectivity index (χ3n) is 4.17. The van der Waals surface area contributed by atoms with Crippen molar-refractivity contribution in [3.63, 3.8) is 0 Å². The molecule has 3 rings (SSSR count). The number of hydrogen-bond donors (Lipinski definition) is 1. The second-order valence-corrected chi connectivity index (χ2v) is 8.44. The Hall–Kier alpha value is -3.47. The molecule has 0 aliphatic heterocycles. The third kappa shape index (κ3) is 5.00. The number of pyridine rings is 1. The number of para-hydroxylation sites is 2. The number of rotatable bonds is 5. The Labute approximate surface area is 174 Å². The maximum Gasteiger partial charge on any atom is 0.417 e. The first-order valence-corrected chi connectivity index (χ1v) is 10.6. The summed E-state index contributed by atoms with van der Waals surface area (Å²) in [6, 6.07) is 11.0. The van der Waals surface area contributed by atoms with Gasteiger partial charge in [0.25, 0.3) is 5.91 Å². The summed E-state index contributed by atoms with van der Waals surface area (Å²) in [6.07, 6.45) is -3.18. The van der Waals surface area contributed by atoms with Crippen LogP contribution >= 0.6 is 0 Å². The zero-order valence-corrected chi connectivity index (χ0v) is 16.8. The summed E-state index contributed by atoms with van der Waals surface area (Å²) in [5, 5.41) is 1.98. The van der Waals surface area contributed by atoms with E-state index in [2.05, 4.69) is 10.3 Å². The van der Waals surface area contributed by atoms with E-state index in [0.29, 0.717) is 0 Å². The predicted molar refractivity (Wildman–Crippen MR) is 105 cm³/mol. The topological polar surface area (TPSA) is 102 Å². The van der Waals surface area contributed by atoms with Crippen molar-refractivity contribution in [2.24, 2.45) is 0 Å². The molecule has 0 bridgehead atoms. The van der Waals surface area contributed by atoms with Crippen LogP contribution in [0.4, 0.5) is 18.9 Å². The largest absolute Gasteiger partial charge is 0.452 e. The van der Waals surface area contributed by atoms with Crippen LogP contribution in [0.15, 0.2) is 59.6 Å². The van der Waals surface area contributed by atoms with Crippen LogP contribution in [0.1, 0.15) is 15.9 Å². The van der Waals surface area contributed by atoms with Crippen molar-refractivity contribution >= 4 is 38.3 Å². The van der Waals surface area contributed by atoms with Crippen LogP contribution in [0.25, 0.3) is 10.9 Å². The Morgan fingerprint density at radius 1 is 1.06 bits per heavy atom. The maximum absolute atomic E-state index is 13.6. The number of anilines is 1. The van der Waals surface area contributed by atoms with Gasteiger partial charge in [-0.25, -0.2) is 13.2 Å². The molecule has 31 heavy (non-hydrogen) atoms. The summed E-state index contributed by atoms with van der Waals surface area (Å²) in [6.45, 7) is -0.930. The minimum Gasteiger partial charge on any atom is -0.452 e. The molecule has 11 heteroatoms. The Bertz CT molecular complexity index is 1270. The van der Waals surface area contributed by atoms with Gasteiger partial charge in [0.15, 0.2) is 16.4 Å². The molecular weight excluding hydrogens is 437 g/mol. The molecule has 1 heterocycles. The molecule has 0 saturated heterocycles. The highest BCUT2D eigenvalue weighted by Gasteiger charge is 2.38. The van der Waals surface area contributed by atoms with E-state index in [9.17, 15) is 31.2 Å². The Morgan fingerprint density at radius 3 is 2.39 bits per heavy atom. The van der Waals surface area contributed by atoms with Crippen LogP contribution in [0.5, 0.6) is 0 Å². The normalized spacial score (nSPS) is 11.9. The summed E-state index contributed by atoms with van der Waals surface area (Å²) in [4.78, 5) is 28.1. The molecule has 1 amide bonds. The van der Waals surface area contributed by atoms with Gasteiger partial charge in [-0.3, -0.25) is 9.78 Å². The molecule has 0 fully saturated rings. The monoisotopic (exact) mass is 452 g/mol. The van der Waals surface area contributed by atoms with Crippen molar-refractivity contribution < 1.29 is 35.9 Å². The van der Waals surface area contributed by atoms with Gasteiger partial charge in [-0.1, -0.05) is 30.3 Å². The maximum atomic E-state index is 13.6. The Morgan fingerprint density at radius 2 is 1.71 bits per heavy atom. The number of carbonyl (C=O) groups excluding carboxylic acids is 2. The fourth-order valence-electron chi connectivity index (χ4n) is 2.89. The zero-order chi connectivity index (χ0) is 22.8. The van der Waals surface area contributed by atoms with Gasteiger partial charge in [-0.05, 0) is 18.2 Å². The molecule has 0 radical (unpaired) electrons. The van der Waals surface area contributed by atoms with Crippen molar-refractivity contribution in [1.29, 1.82) is 0 Å². The van der Waals surface area contributed by atoms with Crippen molar-refractivity contribution in [2.75, 3.05) is 18.2 Å². The average Bonchev–Trinajstić information content (AvgIpc) is 2.70. The molecule has 0 aliphatic rings. The fourth-order valence-corrected chi connectivity index (χ4v) is 3.73. The number of fused-ring (bicyclic) bond motifs is 1. The zero-order valence-electron chi connectivity index (χ0n) is 15.9. The number of halogens is 3. The van der Waals surface area contributed by atoms with Gasteiger partial charge in [0.1, 0.15) is 0 Å². The lowest BCUT2D eigenvalue weighted by Gasteiger charge is -2.15. The first kappa shape index (κ1) is 22.2. The number of carbonyl (C=O) groups is 2. The van der Waals surface area contributed by atoms with Gasteiger partial charge in [-0.15, -0.1) is 0 Å². The minimum atomic E-state index is -4.87. The van der Waals surface area contributed by atoms with Crippen molar-refractivity contribution in [2.45, 2.75) is 11.1 Å². The highest BCUT2D eigenvalue weighted by atomic mass is 32.2. The molecule has 0 unspecified atom stereocenters. The quantitative estimate of drug-likeness (QED) is 0.595. The van der Waals surface area contributed by atoms with E-state index < -0.39 is 45.6 Å². The van der Waals surface area contributed by atoms with E-state index in [1.807, 2.05) is 0 Å². The first-order valence-electron chi connectivity index (χ1n) is 8.69. The molecule has 1 N–H and O–H groups in total. The van der Waals surface area contributed by atoms with Gasteiger partial charge in [-0.2, -0.15) is 13.2 Å². The molecule has 2 aromatic carbocycles. The van der Waals surface area contributed by atoms with Crippen molar-refractivity contribution in [1.82, 2.24) is 4.98 Å². The van der Waals surface area contributed by atoms with E-state index in [4.69, 9.17) is 4.74 Å². The second kappa shape index (κ2) is 8.34. The number of nitrogens with one attached hydrogen (secondary N) is 1. The van der Waals surface area contributed by atoms with Crippen molar-refractivity contribution in [3.8, 4) is 0 Å². The van der Waals surface area contributed by atoms with E-state index in [1.54, 1.807) is 0 Å². The van der Waals surface area contributed by atoms with Crippen LogP contribution in [0.3, 0.4) is 0 Å². The van der Waals surface area contributed by atoms with Gasteiger partial charge in [0.05, 0.1) is 27.2 Å².